The van der Waals surface area contributed by atoms with Crippen LogP contribution in [0, 0.1) is 11.6 Å². The summed E-state index contributed by atoms with van der Waals surface area (Å²) >= 11 is 0. The van der Waals surface area contributed by atoms with Gasteiger partial charge in [-0.25, -0.2) is 13.6 Å². The van der Waals surface area contributed by atoms with E-state index in [0.29, 0.717) is 17.9 Å². The number of aliphatic hydroxyl groups is 1. The lowest BCUT2D eigenvalue weighted by Gasteiger charge is -2.44. The normalized spacial score (nSPS) is 18.1. The van der Waals surface area contributed by atoms with Gasteiger partial charge in [0.15, 0.2) is 11.5 Å². The van der Waals surface area contributed by atoms with Gasteiger partial charge in [-0.2, -0.15) is 0 Å². The molecule has 3 rings (SSSR count). The monoisotopic (exact) mass is 545 g/mol. The molecule has 1 amide bonds. The van der Waals surface area contributed by atoms with Crippen molar-refractivity contribution in [2.75, 3.05) is 14.2 Å². The van der Waals surface area contributed by atoms with Crippen molar-refractivity contribution in [3.05, 3.63) is 64.7 Å². The van der Waals surface area contributed by atoms with E-state index in [1.165, 1.54) is 18.2 Å². The number of methoxy groups -OCH3 is 2. The van der Waals surface area contributed by atoms with Crippen LogP contribution in [0.1, 0.15) is 82.5 Å². The largest absolute Gasteiger partial charge is 0.493 e. The molecule has 1 aliphatic heterocycles. The predicted molar refractivity (Wildman–Crippen MR) is 148 cm³/mol. The Balaban J connectivity index is 2.04. The third kappa shape index (κ3) is 7.94. The molecule has 6 nitrogen and oxygen atoms in total. The average Bonchev–Trinajstić information content (AvgIpc) is 2.86. The Morgan fingerprint density at radius 1 is 1.13 bits per heavy atom. The summed E-state index contributed by atoms with van der Waals surface area (Å²) in [6, 6.07) is 6.40. The van der Waals surface area contributed by atoms with Crippen molar-refractivity contribution < 1.29 is 32.9 Å². The first-order chi connectivity index (χ1) is 18.5. The third-order valence-electron chi connectivity index (χ3n) is 6.86. The summed E-state index contributed by atoms with van der Waals surface area (Å²) in [4.78, 5) is 15.4. The number of halogens is 2. The average molecular weight is 546 g/mol. The molecule has 0 unspecified atom stereocenters. The van der Waals surface area contributed by atoms with Crippen molar-refractivity contribution in [2.45, 2.75) is 90.0 Å². The number of fused-ring (bicyclic) bond motifs is 1. The van der Waals surface area contributed by atoms with Crippen molar-refractivity contribution >= 4 is 12.2 Å². The van der Waals surface area contributed by atoms with Gasteiger partial charge in [0.2, 0.25) is 0 Å². The molecule has 0 saturated heterocycles. The molecular weight excluding hydrogens is 504 g/mol. The zero-order chi connectivity index (χ0) is 28.7. The van der Waals surface area contributed by atoms with Crippen molar-refractivity contribution in [1.82, 2.24) is 4.90 Å². The second-order valence-electron chi connectivity index (χ2n) is 11.0. The number of ether oxygens (including phenoxy) is 3. The quantitative estimate of drug-likeness (QED) is 0.319. The van der Waals surface area contributed by atoms with E-state index in [1.54, 1.807) is 19.1 Å². The minimum Gasteiger partial charge on any atom is -0.493 e. The molecule has 0 saturated carbocycles. The summed E-state index contributed by atoms with van der Waals surface area (Å²) in [6.45, 7) is 7.61. The second-order valence-corrected chi connectivity index (χ2v) is 11.0. The van der Waals surface area contributed by atoms with Crippen LogP contribution in [0.25, 0.3) is 6.08 Å². The van der Waals surface area contributed by atoms with Crippen LogP contribution >= 0.6 is 0 Å². The van der Waals surface area contributed by atoms with Crippen LogP contribution in [0.2, 0.25) is 0 Å². The number of hydrogen-bond acceptors (Lipinski definition) is 5. The van der Waals surface area contributed by atoms with Crippen molar-refractivity contribution in [1.29, 1.82) is 0 Å². The van der Waals surface area contributed by atoms with Gasteiger partial charge in [-0.05, 0) is 69.0 Å². The fourth-order valence-electron chi connectivity index (χ4n) is 5.04. The molecule has 1 N–H and O–H groups in total. The van der Waals surface area contributed by atoms with Crippen molar-refractivity contribution in [3.8, 4) is 11.5 Å². The number of carbonyl (C=O) groups is 1. The molecule has 3 atom stereocenters. The number of hydrogen-bond donors (Lipinski definition) is 1. The van der Waals surface area contributed by atoms with E-state index in [1.807, 2.05) is 32.9 Å². The first-order valence-corrected chi connectivity index (χ1v) is 13.5. The molecule has 2 aromatic carbocycles. The number of benzene rings is 2. The molecule has 0 fully saturated rings. The Kier molecular flexibility index (Phi) is 10.4. The van der Waals surface area contributed by atoms with Crippen LogP contribution in [0.5, 0.6) is 11.5 Å². The third-order valence-corrected chi connectivity index (χ3v) is 6.86. The number of aliphatic hydroxyl groups excluding tert-OH is 1. The van der Waals surface area contributed by atoms with Crippen LogP contribution in [-0.4, -0.2) is 48.1 Å². The van der Waals surface area contributed by atoms with Gasteiger partial charge < -0.3 is 19.3 Å². The van der Waals surface area contributed by atoms with Crippen LogP contribution in [0.3, 0.4) is 0 Å². The first-order valence-electron chi connectivity index (χ1n) is 13.5. The number of carbonyl (C=O) groups excluding carboxylic acids is 1. The molecule has 214 valence electrons. The second kappa shape index (κ2) is 13.3. The highest BCUT2D eigenvalue weighted by Gasteiger charge is 2.40. The van der Waals surface area contributed by atoms with Gasteiger partial charge in [-0.1, -0.05) is 38.3 Å². The van der Waals surface area contributed by atoms with E-state index in [-0.39, 0.29) is 18.0 Å². The van der Waals surface area contributed by atoms with Gasteiger partial charge in [0, 0.05) is 24.1 Å². The summed E-state index contributed by atoms with van der Waals surface area (Å²) in [6.07, 6.45) is 5.98. The lowest BCUT2D eigenvalue weighted by Crippen LogP contribution is -2.50. The molecule has 8 heteroatoms. The number of unbranched alkanes of at least 4 members (excludes halogenated alkanes) is 2. The molecule has 0 aliphatic carbocycles. The summed E-state index contributed by atoms with van der Waals surface area (Å²) in [5, 5.41) is 11.1. The Labute approximate surface area is 230 Å². The smallest absolute Gasteiger partial charge is 0.411 e. The van der Waals surface area contributed by atoms with Crippen LogP contribution in [0.4, 0.5) is 13.6 Å². The summed E-state index contributed by atoms with van der Waals surface area (Å²) in [5.41, 5.74) is 1.31. The minimum atomic E-state index is -1.03. The van der Waals surface area contributed by atoms with Crippen molar-refractivity contribution in [3.63, 3.8) is 0 Å². The Bertz CT molecular complexity index is 1160. The minimum absolute atomic E-state index is 0.144. The fourth-order valence-corrected chi connectivity index (χ4v) is 5.04. The number of rotatable bonds is 10. The van der Waals surface area contributed by atoms with Crippen molar-refractivity contribution in [2.24, 2.45) is 0 Å². The highest BCUT2D eigenvalue weighted by Crippen LogP contribution is 2.43. The summed E-state index contributed by atoms with van der Waals surface area (Å²) in [5.74, 6) is -0.270. The van der Waals surface area contributed by atoms with Gasteiger partial charge in [0.25, 0.3) is 0 Å². The van der Waals surface area contributed by atoms with Gasteiger partial charge in [-0.3, -0.25) is 4.90 Å². The highest BCUT2D eigenvalue weighted by molar-refractivity contribution is 5.70. The van der Waals surface area contributed by atoms with Crippen LogP contribution in [0.15, 0.2) is 36.4 Å². The van der Waals surface area contributed by atoms with E-state index < -0.39 is 35.5 Å². The SMILES string of the molecule is CCCCC[C@H]1Cc2cc(OC)c(OC)cc2[C@@H](C[C@H](O)C=Cc2ccc(F)cc2F)N1C(=O)OC(C)(C)C. The Morgan fingerprint density at radius 3 is 2.44 bits per heavy atom. The molecular formula is C31H41F2NO5. The predicted octanol–water partition coefficient (Wildman–Crippen LogP) is 7.23. The highest BCUT2D eigenvalue weighted by atomic mass is 19.1. The van der Waals surface area contributed by atoms with E-state index in [4.69, 9.17) is 14.2 Å². The maximum Gasteiger partial charge on any atom is 0.411 e. The molecule has 0 aromatic heterocycles. The topological polar surface area (TPSA) is 68.2 Å². The van der Waals surface area contributed by atoms with Gasteiger partial charge >= 0.3 is 6.09 Å². The standard InChI is InChI=1S/C31H41F2NO5/c1-7-8-9-10-23-15-21-16-28(37-5)29(38-6)19-25(21)27(34(23)30(36)39-31(2,3)4)18-24(35)14-12-20-11-13-22(32)17-26(20)33/h11-14,16-17,19,23-24,27,35H,7-10,15,18H2,1-6H3/t23-,24+,27+/m0/s1. The molecule has 0 spiro atoms. The maximum atomic E-state index is 14.2. The van der Waals surface area contributed by atoms with Gasteiger partial charge in [0.1, 0.15) is 17.2 Å². The summed E-state index contributed by atoms with van der Waals surface area (Å²) in [7, 11) is 3.13. The molecule has 39 heavy (non-hydrogen) atoms. The van der Waals surface area contributed by atoms with Crippen LogP contribution in [-0.2, 0) is 11.2 Å². The summed E-state index contributed by atoms with van der Waals surface area (Å²) < 4.78 is 44.4. The zero-order valence-corrected chi connectivity index (χ0v) is 23.8. The zero-order valence-electron chi connectivity index (χ0n) is 23.8. The Morgan fingerprint density at radius 2 is 1.82 bits per heavy atom. The lowest BCUT2D eigenvalue weighted by atomic mass is 9.83. The lowest BCUT2D eigenvalue weighted by molar-refractivity contribution is -0.00559. The van der Waals surface area contributed by atoms with Gasteiger partial charge in [-0.15, -0.1) is 0 Å². The van der Waals surface area contributed by atoms with E-state index >= 15 is 0 Å². The molecule has 1 aliphatic rings. The van der Waals surface area contributed by atoms with E-state index in [9.17, 15) is 18.7 Å². The molecule has 2 aromatic rings. The van der Waals surface area contributed by atoms with Crippen LogP contribution < -0.4 is 9.47 Å². The Hall–Kier alpha value is -3.13. The molecule has 0 radical (unpaired) electrons. The van der Waals surface area contributed by atoms with E-state index in [0.717, 1.165) is 48.9 Å². The molecule has 1 heterocycles. The first kappa shape index (κ1) is 30.4. The fraction of sp³-hybridized carbons (Fsp3) is 0.516. The van der Waals surface area contributed by atoms with Gasteiger partial charge in [0.05, 0.1) is 26.4 Å². The molecule has 0 bridgehead atoms. The number of amides is 1. The number of nitrogens with zero attached hydrogens (tertiary/aromatic N) is 1. The van der Waals surface area contributed by atoms with E-state index in [2.05, 4.69) is 6.92 Å². The maximum absolute atomic E-state index is 14.2.